The number of hydrogen-bond acceptors (Lipinski definition) is 8. The van der Waals surface area contributed by atoms with E-state index in [9.17, 15) is 20.0 Å². The molecule has 0 spiro atoms. The predicted octanol–water partition coefficient (Wildman–Crippen LogP) is 5.60. The highest BCUT2D eigenvalue weighted by Gasteiger charge is 2.20. The summed E-state index contributed by atoms with van der Waals surface area (Å²) >= 11 is 7.69. The second-order valence-electron chi connectivity index (χ2n) is 8.71. The summed E-state index contributed by atoms with van der Waals surface area (Å²) in [5.74, 6) is 0.129. The molecule has 0 atom stereocenters. The lowest BCUT2D eigenvalue weighted by Gasteiger charge is -2.16. The lowest BCUT2D eigenvalue weighted by Crippen LogP contribution is -2.27. The quantitative estimate of drug-likeness (QED) is 0.272. The van der Waals surface area contributed by atoms with E-state index in [0.29, 0.717) is 27.5 Å². The van der Waals surface area contributed by atoms with Gasteiger partial charge < -0.3 is 14.6 Å². The molecule has 1 N–H and O–H groups in total. The Morgan fingerprint density at radius 2 is 2.00 bits per heavy atom. The number of halogens is 1. The Kier molecular flexibility index (Phi) is 6.95. The van der Waals surface area contributed by atoms with Gasteiger partial charge in [-0.05, 0) is 37.6 Å². The molecule has 0 aliphatic heterocycles. The maximum atomic E-state index is 13.4. The monoisotopic (exact) mass is 560 g/mol. The molecule has 196 valence electrons. The molecule has 0 bridgehead atoms. The summed E-state index contributed by atoms with van der Waals surface area (Å²) in [5, 5.41) is 22.1. The number of rotatable bonds is 7. The van der Waals surface area contributed by atoms with Crippen LogP contribution in [-0.4, -0.2) is 39.3 Å². The average molecular weight is 561 g/mol. The Hall–Kier alpha value is -4.46. The number of carbonyl (C=O) groups is 1. The molecule has 3 heterocycles. The van der Waals surface area contributed by atoms with Crippen LogP contribution < -0.4 is 15.0 Å². The van der Waals surface area contributed by atoms with Crippen molar-refractivity contribution in [1.82, 2.24) is 14.5 Å². The first kappa shape index (κ1) is 26.2. The number of fused-ring (bicyclic) bond motifs is 2. The van der Waals surface area contributed by atoms with Gasteiger partial charge in [-0.15, -0.1) is 11.3 Å². The number of carboxylic acid groups (broad SMARTS) is 1. The van der Waals surface area contributed by atoms with Crippen LogP contribution in [-0.2, 0) is 6.54 Å². The van der Waals surface area contributed by atoms with Gasteiger partial charge in [-0.3, -0.25) is 9.36 Å². The number of pyridine rings is 1. The number of hydrogen-bond donors (Lipinski definition) is 1. The van der Waals surface area contributed by atoms with Crippen molar-refractivity contribution in [1.29, 1.82) is 5.26 Å². The van der Waals surface area contributed by atoms with E-state index in [-0.39, 0.29) is 41.1 Å². The number of aryl methyl sites for hydroxylation is 2. The lowest BCUT2D eigenvalue weighted by molar-refractivity contribution is 0.0699. The summed E-state index contributed by atoms with van der Waals surface area (Å²) in [4.78, 5) is 33.7. The summed E-state index contributed by atoms with van der Waals surface area (Å²) in [6, 6.07) is 11.0. The van der Waals surface area contributed by atoms with Gasteiger partial charge in [0, 0.05) is 37.8 Å². The summed E-state index contributed by atoms with van der Waals surface area (Å²) < 4.78 is 13.6. The van der Waals surface area contributed by atoms with Crippen LogP contribution in [0.5, 0.6) is 11.6 Å². The van der Waals surface area contributed by atoms with E-state index >= 15 is 0 Å². The van der Waals surface area contributed by atoms with Crippen LogP contribution in [0.2, 0.25) is 5.02 Å². The molecule has 0 fully saturated rings. The molecule has 0 saturated carbocycles. The van der Waals surface area contributed by atoms with E-state index in [4.69, 9.17) is 21.1 Å². The summed E-state index contributed by atoms with van der Waals surface area (Å²) in [6.07, 6.45) is 1.29. The van der Waals surface area contributed by atoms with E-state index in [1.54, 1.807) is 30.5 Å². The Balaban J connectivity index is 1.51. The minimum Gasteiger partial charge on any atom is -0.491 e. The molecule has 2 aromatic carbocycles. The van der Waals surface area contributed by atoms with Gasteiger partial charge in [-0.2, -0.15) is 5.26 Å². The van der Waals surface area contributed by atoms with Crippen LogP contribution in [0.25, 0.3) is 32.1 Å². The molecule has 0 radical (unpaired) electrons. The number of nitrogens with zero attached hydrogens (tertiary/aromatic N) is 4. The third-order valence-corrected chi connectivity index (χ3v) is 7.67. The minimum absolute atomic E-state index is 0.109. The number of benzene rings is 2. The third-order valence-electron chi connectivity index (χ3n) is 6.42. The fourth-order valence-electron chi connectivity index (χ4n) is 4.58. The van der Waals surface area contributed by atoms with Crippen molar-refractivity contribution in [3.63, 3.8) is 0 Å². The molecule has 0 saturated heterocycles. The van der Waals surface area contributed by atoms with Crippen LogP contribution in [0, 0.1) is 25.2 Å². The summed E-state index contributed by atoms with van der Waals surface area (Å²) in [5.41, 5.74) is 2.56. The number of thiophene rings is 1. The van der Waals surface area contributed by atoms with Gasteiger partial charge in [0.2, 0.25) is 5.88 Å². The second-order valence-corrected chi connectivity index (χ2v) is 10.0. The zero-order valence-corrected chi connectivity index (χ0v) is 22.7. The first-order valence-electron chi connectivity index (χ1n) is 11.8. The average Bonchev–Trinajstić information content (AvgIpc) is 3.37. The Morgan fingerprint density at radius 1 is 1.21 bits per heavy atom. The number of methoxy groups -OCH3 is 1. The molecule has 5 aromatic rings. The van der Waals surface area contributed by atoms with E-state index in [1.807, 2.05) is 25.1 Å². The van der Waals surface area contributed by atoms with Gasteiger partial charge in [-0.1, -0.05) is 23.7 Å². The van der Waals surface area contributed by atoms with Crippen LogP contribution in [0.15, 0.2) is 46.7 Å². The van der Waals surface area contributed by atoms with Crippen LogP contribution in [0.1, 0.15) is 27.3 Å². The van der Waals surface area contributed by atoms with E-state index in [0.717, 1.165) is 15.8 Å². The van der Waals surface area contributed by atoms with Crippen molar-refractivity contribution in [3.05, 3.63) is 79.8 Å². The molecular weight excluding hydrogens is 540 g/mol. The number of carboxylic acids is 1. The first-order valence-corrected chi connectivity index (χ1v) is 13.0. The fraction of sp³-hybridized carbons (Fsp3) is 0.179. The number of nitriles is 1. The van der Waals surface area contributed by atoms with Gasteiger partial charge in [-0.25, -0.2) is 14.8 Å². The highest BCUT2D eigenvalue weighted by molar-refractivity contribution is 7.18. The fourth-order valence-corrected chi connectivity index (χ4v) is 5.90. The third kappa shape index (κ3) is 4.56. The van der Waals surface area contributed by atoms with E-state index < -0.39 is 11.5 Å². The van der Waals surface area contributed by atoms with Crippen molar-refractivity contribution in [3.8, 4) is 28.8 Å². The SMILES string of the molecule is COc1ncc(C#N)c2c(=O)n(CCOc3ccc(Cl)cc3-c3ccc(C)c4c(C(=O)O)csc34)c(C)nc12. The predicted molar refractivity (Wildman–Crippen MR) is 149 cm³/mol. The molecule has 5 rings (SSSR count). The van der Waals surface area contributed by atoms with Crippen molar-refractivity contribution in [2.75, 3.05) is 13.7 Å². The van der Waals surface area contributed by atoms with Gasteiger partial charge >= 0.3 is 5.97 Å². The van der Waals surface area contributed by atoms with Gasteiger partial charge in [0.05, 0.1) is 30.2 Å². The normalized spacial score (nSPS) is 11.1. The maximum Gasteiger partial charge on any atom is 0.337 e. The number of aromatic nitrogens is 3. The van der Waals surface area contributed by atoms with Crippen molar-refractivity contribution >= 4 is 49.9 Å². The molecule has 0 unspecified atom stereocenters. The van der Waals surface area contributed by atoms with Crippen LogP contribution >= 0.6 is 22.9 Å². The molecule has 11 heteroatoms. The van der Waals surface area contributed by atoms with Gasteiger partial charge in [0.1, 0.15) is 29.8 Å². The molecule has 9 nitrogen and oxygen atoms in total. The zero-order chi connectivity index (χ0) is 27.8. The largest absolute Gasteiger partial charge is 0.491 e. The Bertz CT molecular complexity index is 1890. The number of aromatic carboxylic acids is 1. The lowest BCUT2D eigenvalue weighted by atomic mass is 9.98. The van der Waals surface area contributed by atoms with Crippen molar-refractivity contribution in [2.24, 2.45) is 0 Å². The number of ether oxygens (including phenoxy) is 2. The van der Waals surface area contributed by atoms with Gasteiger partial charge in [0.25, 0.3) is 5.56 Å². The van der Waals surface area contributed by atoms with Crippen LogP contribution in [0.4, 0.5) is 0 Å². The summed E-state index contributed by atoms with van der Waals surface area (Å²) in [7, 11) is 1.42. The molecule has 0 aliphatic rings. The van der Waals surface area contributed by atoms with Crippen molar-refractivity contribution in [2.45, 2.75) is 20.4 Å². The van der Waals surface area contributed by atoms with E-state index in [1.165, 1.54) is 29.2 Å². The van der Waals surface area contributed by atoms with Crippen LogP contribution in [0.3, 0.4) is 0 Å². The Morgan fingerprint density at radius 3 is 2.72 bits per heavy atom. The summed E-state index contributed by atoms with van der Waals surface area (Å²) in [6.45, 7) is 3.84. The first-order chi connectivity index (χ1) is 18.7. The van der Waals surface area contributed by atoms with Crippen molar-refractivity contribution < 1.29 is 19.4 Å². The smallest absolute Gasteiger partial charge is 0.337 e. The van der Waals surface area contributed by atoms with E-state index in [2.05, 4.69) is 9.97 Å². The molecular formula is C28H21ClN4O5S. The molecule has 0 aliphatic carbocycles. The molecule has 39 heavy (non-hydrogen) atoms. The zero-order valence-electron chi connectivity index (χ0n) is 21.1. The highest BCUT2D eigenvalue weighted by Crippen LogP contribution is 2.41. The molecule has 0 amide bonds. The second kappa shape index (κ2) is 10.4. The standard InChI is InChI=1S/C28H21ClN4O5S/c1-14-4-6-18(25-22(14)20(13-39-25)28(35)36)19-10-17(29)5-7-21(19)38-9-8-33-15(2)32-24-23(27(33)34)16(11-30)12-31-26(24)37-3/h4-7,10,12-13H,8-9H2,1-3H3,(H,35,36). The molecule has 3 aromatic heterocycles. The maximum absolute atomic E-state index is 13.4. The van der Waals surface area contributed by atoms with Gasteiger partial charge in [0.15, 0.2) is 0 Å². The highest BCUT2D eigenvalue weighted by atomic mass is 35.5. The topological polar surface area (TPSA) is 127 Å². The minimum atomic E-state index is -0.984. The Labute approximate surface area is 231 Å².